The summed E-state index contributed by atoms with van der Waals surface area (Å²) in [4.78, 5) is 92.5. The molecular formula is C46H63N9O6S2. The fraction of sp³-hybridized carbons (Fsp3) is 0.522. The van der Waals surface area contributed by atoms with E-state index >= 15 is 0 Å². The average Bonchev–Trinajstić information content (AvgIpc) is 4.01. The number of hydrogen-bond acceptors (Lipinski definition) is 9. The monoisotopic (exact) mass is 901 g/mol. The van der Waals surface area contributed by atoms with Gasteiger partial charge in [0, 0.05) is 52.8 Å². The van der Waals surface area contributed by atoms with Crippen LogP contribution in [0.5, 0.6) is 0 Å². The molecule has 2 saturated heterocycles. The Morgan fingerprint density at radius 3 is 1.67 bits per heavy atom. The van der Waals surface area contributed by atoms with Crippen molar-refractivity contribution in [2.75, 3.05) is 17.8 Å². The van der Waals surface area contributed by atoms with Crippen LogP contribution in [0, 0.1) is 17.8 Å². The van der Waals surface area contributed by atoms with E-state index in [0.717, 1.165) is 32.9 Å². The Balaban J connectivity index is 1.37. The molecule has 15 nitrogen and oxygen atoms in total. The maximum atomic E-state index is 14.5. The molecule has 63 heavy (non-hydrogen) atoms. The number of fused-ring (bicyclic) bond motifs is 4. The van der Waals surface area contributed by atoms with E-state index in [9.17, 15) is 28.8 Å². The summed E-state index contributed by atoms with van der Waals surface area (Å²) in [7, 11) is 0. The Kier molecular flexibility index (Phi) is 16.3. The van der Waals surface area contributed by atoms with Crippen LogP contribution in [0.1, 0.15) is 65.5 Å². The highest BCUT2D eigenvalue weighted by Gasteiger charge is 2.40. The maximum Gasteiger partial charge on any atom is 0.243 e. The van der Waals surface area contributed by atoms with Gasteiger partial charge in [-0.25, -0.2) is 0 Å². The summed E-state index contributed by atoms with van der Waals surface area (Å²) in [6.45, 7) is 11.4. The Morgan fingerprint density at radius 1 is 0.603 bits per heavy atom. The molecule has 0 saturated carbocycles. The molecule has 2 aromatic carbocycles. The van der Waals surface area contributed by atoms with E-state index in [-0.39, 0.29) is 42.4 Å². The van der Waals surface area contributed by atoms with Crippen molar-refractivity contribution in [2.45, 2.75) is 115 Å². The van der Waals surface area contributed by atoms with E-state index in [0.29, 0.717) is 17.9 Å². The summed E-state index contributed by atoms with van der Waals surface area (Å²) < 4.78 is 0. The van der Waals surface area contributed by atoms with Gasteiger partial charge in [0.15, 0.2) is 0 Å². The highest BCUT2D eigenvalue weighted by molar-refractivity contribution is 8.00. The molecule has 0 radical (unpaired) electrons. The maximum absolute atomic E-state index is 14.5. The van der Waals surface area contributed by atoms with Gasteiger partial charge in [0.1, 0.15) is 30.2 Å². The second-order valence-electron chi connectivity index (χ2n) is 17.8. The highest BCUT2D eigenvalue weighted by Crippen LogP contribution is 2.27. The SMILES string of the molecule is CSCC[C@H]1NC(=O)[C@@H]2CSC(N2)[C@H](C(C)C)NC(=O)[C@@H](Cc2c[nH]c3ccccc23)NC(=O)[C@H](C(C)C)NC(=O)[C@@H](CC(C)C)NC(=O)[C@H](Cc2c[nH]c3ccccc23)NC1=O. The summed E-state index contributed by atoms with van der Waals surface area (Å²) >= 11 is 3.03. The van der Waals surface area contributed by atoms with Gasteiger partial charge in [-0.2, -0.15) is 11.8 Å². The molecule has 6 rings (SSSR count). The quantitative estimate of drug-likeness (QED) is 0.108. The lowest BCUT2D eigenvalue weighted by Gasteiger charge is -2.31. The third kappa shape index (κ3) is 12.0. The first-order valence-corrected chi connectivity index (χ1v) is 24.4. The van der Waals surface area contributed by atoms with Crippen LogP contribution in [0.2, 0.25) is 0 Å². The van der Waals surface area contributed by atoms with Crippen molar-refractivity contribution in [2.24, 2.45) is 17.8 Å². The standard InChI is InChI=1S/C46H63N9O6S2/c1-24(2)18-34-42(58)54-38(25(3)4)45(61)52-36(20-28-22-48-32-15-11-9-13-30(28)32)43(59)55-39(26(5)6)46-53-37(23-63-46)44(60)49-33(16-17-62-7)40(56)51-35(41(57)50-34)19-27-21-47-31-14-10-8-12-29(27)31/h8-15,21-22,24-26,33-39,46-48,53H,16-20,23H2,1-7H3,(H,49,60)(H,50,57)(H,51,56)(H,52,61)(H,54,58)(H,55,59)/t33-,34-,35+,36-,37+,38+,39+,46?/m1/s1. The van der Waals surface area contributed by atoms with E-state index in [4.69, 9.17) is 0 Å². The second kappa shape index (κ2) is 21.6. The number of aromatic amines is 2. The lowest BCUT2D eigenvalue weighted by molar-refractivity contribution is -0.136. The number of thioether (sulfide) groups is 2. The van der Waals surface area contributed by atoms with Crippen molar-refractivity contribution in [1.82, 2.24) is 47.2 Å². The van der Waals surface area contributed by atoms with Crippen LogP contribution in [0.3, 0.4) is 0 Å². The summed E-state index contributed by atoms with van der Waals surface area (Å²) in [5.74, 6) is -2.60. The zero-order chi connectivity index (χ0) is 45.4. The number of carbonyl (C=O) groups is 6. The number of hydrogen-bond donors (Lipinski definition) is 9. The Labute approximate surface area is 377 Å². The number of carbonyl (C=O) groups excluding carboxylic acids is 6. The van der Waals surface area contributed by atoms with Crippen LogP contribution in [0.25, 0.3) is 21.8 Å². The Bertz CT molecular complexity index is 2260. The summed E-state index contributed by atoms with van der Waals surface area (Å²) in [5.41, 5.74) is 3.36. The summed E-state index contributed by atoms with van der Waals surface area (Å²) in [5, 5.41) is 22.8. The van der Waals surface area contributed by atoms with Crippen molar-refractivity contribution in [3.05, 3.63) is 72.1 Å². The second-order valence-corrected chi connectivity index (χ2v) is 19.9. The number of amides is 6. The minimum absolute atomic E-state index is 0.0464. The van der Waals surface area contributed by atoms with E-state index in [2.05, 4.69) is 47.2 Å². The predicted octanol–water partition coefficient (Wildman–Crippen LogP) is 3.50. The predicted molar refractivity (Wildman–Crippen MR) is 251 cm³/mol. The van der Waals surface area contributed by atoms with E-state index in [1.54, 1.807) is 20.0 Å². The minimum atomic E-state index is -1.13. The largest absolute Gasteiger partial charge is 0.361 e. The van der Waals surface area contributed by atoms with Gasteiger partial charge in [-0.05, 0) is 65.9 Å². The zero-order valence-corrected chi connectivity index (χ0v) is 38.8. The van der Waals surface area contributed by atoms with Crippen molar-refractivity contribution >= 4 is 80.8 Å². The van der Waals surface area contributed by atoms with Gasteiger partial charge in [0.25, 0.3) is 0 Å². The molecule has 4 aromatic rings. The molecule has 6 amide bonds. The molecule has 340 valence electrons. The fourth-order valence-electron chi connectivity index (χ4n) is 8.24. The minimum Gasteiger partial charge on any atom is -0.361 e. The van der Waals surface area contributed by atoms with Crippen molar-refractivity contribution in [3.63, 3.8) is 0 Å². The highest BCUT2D eigenvalue weighted by atomic mass is 32.2. The van der Waals surface area contributed by atoms with Crippen LogP contribution in [0.4, 0.5) is 0 Å². The van der Waals surface area contributed by atoms with E-state index in [1.165, 1.54) is 23.5 Å². The third-order valence-corrected chi connectivity index (χ3v) is 13.7. The smallest absolute Gasteiger partial charge is 0.243 e. The van der Waals surface area contributed by atoms with Crippen LogP contribution in [-0.4, -0.2) is 111 Å². The first-order valence-electron chi connectivity index (χ1n) is 21.9. The number of benzene rings is 2. The molecule has 2 bridgehead atoms. The van der Waals surface area contributed by atoms with Crippen LogP contribution < -0.4 is 37.2 Å². The molecule has 2 aliphatic heterocycles. The topological polar surface area (TPSA) is 218 Å². The number of H-pyrrole nitrogens is 2. The summed E-state index contributed by atoms with van der Waals surface area (Å²) in [6, 6.07) is 8.96. The Morgan fingerprint density at radius 2 is 1.11 bits per heavy atom. The van der Waals surface area contributed by atoms with Gasteiger partial charge < -0.3 is 41.9 Å². The van der Waals surface area contributed by atoms with Crippen LogP contribution in [-0.2, 0) is 41.6 Å². The first-order chi connectivity index (χ1) is 30.1. The van der Waals surface area contributed by atoms with Gasteiger partial charge in [0.05, 0.1) is 17.5 Å². The van der Waals surface area contributed by atoms with Crippen LogP contribution >= 0.6 is 23.5 Å². The van der Waals surface area contributed by atoms with Gasteiger partial charge in [-0.15, -0.1) is 11.8 Å². The number of aromatic nitrogens is 2. The van der Waals surface area contributed by atoms with Gasteiger partial charge in [0.2, 0.25) is 35.4 Å². The molecule has 9 N–H and O–H groups in total. The number of rotatable bonds is 11. The van der Waals surface area contributed by atoms with Gasteiger partial charge in [-0.3, -0.25) is 34.1 Å². The molecule has 4 heterocycles. The third-order valence-electron chi connectivity index (χ3n) is 11.8. The number of para-hydroxylation sites is 2. The van der Waals surface area contributed by atoms with Crippen LogP contribution in [0.15, 0.2) is 60.9 Å². The van der Waals surface area contributed by atoms with E-state index < -0.39 is 77.7 Å². The average molecular weight is 902 g/mol. The van der Waals surface area contributed by atoms with Crippen molar-refractivity contribution in [1.29, 1.82) is 0 Å². The molecule has 2 aromatic heterocycles. The van der Waals surface area contributed by atoms with Crippen molar-refractivity contribution < 1.29 is 28.8 Å². The normalized spacial score (nSPS) is 26.0. The summed E-state index contributed by atoms with van der Waals surface area (Å²) in [6.07, 6.45) is 6.34. The molecule has 2 aliphatic rings. The molecule has 0 spiro atoms. The molecule has 17 heteroatoms. The first kappa shape index (κ1) is 47.5. The Hall–Kier alpha value is -5.00. The molecule has 0 aliphatic carbocycles. The van der Waals surface area contributed by atoms with Gasteiger partial charge >= 0.3 is 0 Å². The molecule has 1 unspecified atom stereocenters. The van der Waals surface area contributed by atoms with Gasteiger partial charge in [-0.1, -0.05) is 77.9 Å². The molecule has 2 fully saturated rings. The van der Waals surface area contributed by atoms with E-state index in [1.807, 2.05) is 88.7 Å². The lowest BCUT2D eigenvalue weighted by Crippen LogP contribution is -2.61. The van der Waals surface area contributed by atoms with Crippen molar-refractivity contribution in [3.8, 4) is 0 Å². The lowest BCUT2D eigenvalue weighted by atomic mass is 9.97. The molecule has 8 atom stereocenters. The number of nitrogens with one attached hydrogen (secondary N) is 9. The fourth-order valence-corrected chi connectivity index (χ4v) is 10.2. The molecular weight excluding hydrogens is 839 g/mol. The zero-order valence-electron chi connectivity index (χ0n) is 37.1.